The smallest absolute Gasteiger partial charge is 0.0991 e. The standard InChI is InChI=1S/C18H10N2S/c19-10-12-5-7-13(8-6-12)17-9-14-11-20-16-4-2-1-3-15(16)18(14)21-17/h1-9,11H. The Morgan fingerprint density at radius 2 is 1.81 bits per heavy atom. The number of nitriles is 1. The van der Waals surface area contributed by atoms with Gasteiger partial charge < -0.3 is 0 Å². The Bertz CT molecular complexity index is 991. The van der Waals surface area contributed by atoms with Crippen LogP contribution in [0.5, 0.6) is 0 Å². The lowest BCUT2D eigenvalue weighted by molar-refractivity contribution is 1.45. The number of pyridine rings is 1. The second-order valence-electron chi connectivity index (χ2n) is 4.86. The molecule has 21 heavy (non-hydrogen) atoms. The van der Waals surface area contributed by atoms with Crippen molar-refractivity contribution in [2.24, 2.45) is 0 Å². The van der Waals surface area contributed by atoms with Gasteiger partial charge in [-0.2, -0.15) is 5.26 Å². The van der Waals surface area contributed by atoms with Crippen molar-refractivity contribution in [1.82, 2.24) is 4.98 Å². The summed E-state index contributed by atoms with van der Waals surface area (Å²) in [6.45, 7) is 0. The molecule has 2 heterocycles. The summed E-state index contributed by atoms with van der Waals surface area (Å²) in [4.78, 5) is 5.71. The van der Waals surface area contributed by atoms with Gasteiger partial charge in [0.15, 0.2) is 0 Å². The van der Waals surface area contributed by atoms with Gasteiger partial charge in [0.05, 0.1) is 17.1 Å². The lowest BCUT2D eigenvalue weighted by atomic mass is 10.1. The third kappa shape index (κ3) is 1.97. The van der Waals surface area contributed by atoms with Crippen molar-refractivity contribution in [3.63, 3.8) is 0 Å². The second-order valence-corrected chi connectivity index (χ2v) is 5.91. The molecule has 0 spiro atoms. The minimum atomic E-state index is 0.687. The molecule has 0 N–H and O–H groups in total. The largest absolute Gasteiger partial charge is 0.256 e. The first kappa shape index (κ1) is 12.1. The molecule has 0 aliphatic carbocycles. The van der Waals surface area contributed by atoms with E-state index in [1.54, 1.807) is 11.3 Å². The van der Waals surface area contributed by atoms with Crippen LogP contribution in [0.1, 0.15) is 5.56 Å². The Morgan fingerprint density at radius 1 is 1.00 bits per heavy atom. The van der Waals surface area contributed by atoms with E-state index in [9.17, 15) is 0 Å². The molecule has 0 atom stereocenters. The van der Waals surface area contributed by atoms with Crippen LogP contribution >= 0.6 is 11.3 Å². The summed E-state index contributed by atoms with van der Waals surface area (Å²) in [5.41, 5.74) is 2.85. The molecule has 2 aromatic carbocycles. The lowest BCUT2D eigenvalue weighted by Gasteiger charge is -1.97. The van der Waals surface area contributed by atoms with E-state index in [1.165, 1.54) is 15.0 Å². The molecule has 0 aliphatic rings. The van der Waals surface area contributed by atoms with Gasteiger partial charge in [-0.25, -0.2) is 0 Å². The third-order valence-electron chi connectivity index (χ3n) is 3.55. The zero-order valence-corrected chi connectivity index (χ0v) is 11.9. The van der Waals surface area contributed by atoms with Gasteiger partial charge in [0.2, 0.25) is 0 Å². The number of fused-ring (bicyclic) bond motifs is 3. The molecule has 0 aliphatic heterocycles. The summed E-state index contributed by atoms with van der Waals surface area (Å²) in [5, 5.41) is 11.2. The minimum absolute atomic E-state index is 0.687. The van der Waals surface area contributed by atoms with E-state index in [4.69, 9.17) is 5.26 Å². The number of hydrogen-bond acceptors (Lipinski definition) is 3. The molecule has 0 amide bonds. The summed E-state index contributed by atoms with van der Waals surface area (Å²) in [7, 11) is 0. The molecule has 2 nitrogen and oxygen atoms in total. The Hall–Kier alpha value is -2.70. The lowest BCUT2D eigenvalue weighted by Crippen LogP contribution is -1.76. The third-order valence-corrected chi connectivity index (χ3v) is 4.78. The number of benzene rings is 2. The van der Waals surface area contributed by atoms with Gasteiger partial charge in [-0.3, -0.25) is 4.98 Å². The predicted molar refractivity (Wildman–Crippen MR) is 87.3 cm³/mol. The predicted octanol–water partition coefficient (Wildman–Crippen LogP) is 4.99. The van der Waals surface area contributed by atoms with Crippen LogP contribution in [0.4, 0.5) is 0 Å². The molecule has 0 saturated heterocycles. The average molecular weight is 286 g/mol. The number of hydrogen-bond donors (Lipinski definition) is 0. The molecule has 0 unspecified atom stereocenters. The maximum atomic E-state index is 8.88. The summed E-state index contributed by atoms with van der Waals surface area (Å²) in [6, 6.07) is 20.2. The van der Waals surface area contributed by atoms with Gasteiger partial charge >= 0.3 is 0 Å². The Labute approximate surface area is 125 Å². The van der Waals surface area contributed by atoms with E-state index < -0.39 is 0 Å². The maximum Gasteiger partial charge on any atom is 0.0991 e. The van der Waals surface area contributed by atoms with Crippen molar-refractivity contribution in [2.75, 3.05) is 0 Å². The van der Waals surface area contributed by atoms with Crippen molar-refractivity contribution in [3.8, 4) is 16.5 Å². The molecule has 0 bridgehead atoms. The SMILES string of the molecule is N#Cc1ccc(-c2cc3cnc4ccccc4c3s2)cc1. The van der Waals surface area contributed by atoms with E-state index in [0.29, 0.717) is 5.56 Å². The molecule has 0 saturated carbocycles. The fourth-order valence-corrected chi connectivity index (χ4v) is 3.65. The van der Waals surface area contributed by atoms with Gasteiger partial charge in [-0.05, 0) is 29.8 Å². The first-order valence-electron chi connectivity index (χ1n) is 6.63. The fourth-order valence-electron chi connectivity index (χ4n) is 2.48. The zero-order chi connectivity index (χ0) is 14.2. The van der Waals surface area contributed by atoms with Crippen molar-refractivity contribution < 1.29 is 0 Å². The van der Waals surface area contributed by atoms with Gasteiger partial charge in [-0.1, -0.05) is 30.3 Å². The monoisotopic (exact) mass is 286 g/mol. The Kier molecular flexibility index (Phi) is 2.70. The van der Waals surface area contributed by atoms with Crippen LogP contribution in [0.25, 0.3) is 31.4 Å². The highest BCUT2D eigenvalue weighted by atomic mass is 32.1. The van der Waals surface area contributed by atoms with Gasteiger partial charge in [0.25, 0.3) is 0 Å². The van der Waals surface area contributed by atoms with Crippen LogP contribution in [0.15, 0.2) is 60.8 Å². The van der Waals surface area contributed by atoms with E-state index in [2.05, 4.69) is 23.2 Å². The van der Waals surface area contributed by atoms with E-state index >= 15 is 0 Å². The van der Waals surface area contributed by atoms with Gasteiger partial charge in [-0.15, -0.1) is 11.3 Å². The van der Waals surface area contributed by atoms with E-state index in [1.807, 2.05) is 48.7 Å². The normalized spacial score (nSPS) is 10.8. The number of nitrogens with zero attached hydrogens (tertiary/aromatic N) is 2. The highest BCUT2D eigenvalue weighted by molar-refractivity contribution is 7.23. The maximum absolute atomic E-state index is 8.88. The van der Waals surface area contributed by atoms with Gasteiger partial charge in [0.1, 0.15) is 0 Å². The van der Waals surface area contributed by atoms with E-state index in [0.717, 1.165) is 16.5 Å². The molecule has 3 heteroatoms. The number of thiophene rings is 1. The molecular formula is C18H10N2S. The van der Waals surface area contributed by atoms with Crippen molar-refractivity contribution in [3.05, 3.63) is 66.4 Å². The summed E-state index contributed by atoms with van der Waals surface area (Å²) in [6.07, 6.45) is 1.93. The molecule has 4 aromatic rings. The highest BCUT2D eigenvalue weighted by Crippen LogP contribution is 2.36. The molecule has 2 aromatic heterocycles. The Balaban J connectivity index is 1.94. The first-order valence-corrected chi connectivity index (χ1v) is 7.44. The highest BCUT2D eigenvalue weighted by Gasteiger charge is 2.08. The first-order chi connectivity index (χ1) is 10.3. The van der Waals surface area contributed by atoms with Crippen LogP contribution < -0.4 is 0 Å². The second kappa shape index (κ2) is 4.69. The van der Waals surface area contributed by atoms with Crippen LogP contribution in [0, 0.1) is 11.3 Å². The minimum Gasteiger partial charge on any atom is -0.256 e. The van der Waals surface area contributed by atoms with E-state index in [-0.39, 0.29) is 0 Å². The zero-order valence-electron chi connectivity index (χ0n) is 11.1. The van der Waals surface area contributed by atoms with Gasteiger partial charge in [0, 0.05) is 26.5 Å². The molecular weight excluding hydrogens is 276 g/mol. The summed E-state index contributed by atoms with van der Waals surface area (Å²) >= 11 is 1.77. The summed E-state index contributed by atoms with van der Waals surface area (Å²) < 4.78 is 1.26. The van der Waals surface area contributed by atoms with Crippen LogP contribution in [0.2, 0.25) is 0 Å². The van der Waals surface area contributed by atoms with Crippen LogP contribution in [-0.2, 0) is 0 Å². The number of para-hydroxylation sites is 1. The quantitative estimate of drug-likeness (QED) is 0.494. The van der Waals surface area contributed by atoms with Crippen molar-refractivity contribution in [1.29, 1.82) is 5.26 Å². The number of aromatic nitrogens is 1. The average Bonchev–Trinajstić information content (AvgIpc) is 2.99. The molecule has 98 valence electrons. The van der Waals surface area contributed by atoms with Crippen LogP contribution in [0.3, 0.4) is 0 Å². The Morgan fingerprint density at radius 3 is 2.62 bits per heavy atom. The summed E-state index contributed by atoms with van der Waals surface area (Å²) in [5.74, 6) is 0. The van der Waals surface area contributed by atoms with Crippen LogP contribution in [-0.4, -0.2) is 4.98 Å². The fraction of sp³-hybridized carbons (Fsp3) is 0. The molecule has 4 rings (SSSR count). The van der Waals surface area contributed by atoms with Crippen molar-refractivity contribution in [2.45, 2.75) is 0 Å². The molecule has 0 radical (unpaired) electrons. The van der Waals surface area contributed by atoms with Crippen molar-refractivity contribution >= 4 is 32.3 Å². The number of rotatable bonds is 1. The topological polar surface area (TPSA) is 36.7 Å². The molecule has 0 fully saturated rings.